The average molecular weight is 498 g/mol. The fourth-order valence-electron chi connectivity index (χ4n) is 3.22. The Labute approximate surface area is 201 Å². The molecule has 0 saturated carbocycles. The molecule has 2 aromatic heterocycles. The van der Waals surface area contributed by atoms with Crippen molar-refractivity contribution in [2.75, 3.05) is 16.0 Å². The van der Waals surface area contributed by atoms with Crippen molar-refractivity contribution in [3.05, 3.63) is 95.1 Å². The van der Waals surface area contributed by atoms with E-state index in [9.17, 15) is 27.2 Å². The maximum atomic E-state index is 13.9. The van der Waals surface area contributed by atoms with Crippen molar-refractivity contribution in [2.45, 2.75) is 13.1 Å². The Balaban J connectivity index is 1.69. The molecule has 0 aliphatic rings. The number of aromatic nitrogens is 3. The van der Waals surface area contributed by atoms with Gasteiger partial charge in [0.1, 0.15) is 11.6 Å². The number of anilines is 4. The van der Waals surface area contributed by atoms with Gasteiger partial charge < -0.3 is 16.0 Å². The van der Waals surface area contributed by atoms with Gasteiger partial charge in [0.05, 0.1) is 23.0 Å². The molecule has 2 heterocycles. The molecule has 0 aliphatic heterocycles. The number of H-pyrrole nitrogens is 1. The topological polar surface area (TPSA) is 112 Å². The van der Waals surface area contributed by atoms with Crippen LogP contribution in [0.1, 0.15) is 31.8 Å². The number of halogens is 4. The normalized spacial score (nSPS) is 11.1. The molecule has 0 radical (unpaired) electrons. The van der Waals surface area contributed by atoms with E-state index in [0.717, 1.165) is 5.56 Å². The van der Waals surface area contributed by atoms with Crippen LogP contribution in [0, 0.1) is 12.7 Å². The minimum absolute atomic E-state index is 0.0154. The zero-order valence-corrected chi connectivity index (χ0v) is 18.6. The highest BCUT2D eigenvalue weighted by molar-refractivity contribution is 6.08. The van der Waals surface area contributed by atoms with Crippen molar-refractivity contribution in [3.8, 4) is 0 Å². The van der Waals surface area contributed by atoms with Crippen molar-refractivity contribution >= 4 is 34.8 Å². The van der Waals surface area contributed by atoms with Crippen LogP contribution in [0.15, 0.2) is 67.0 Å². The fraction of sp³-hybridized carbons (Fsp3) is 0.0833. The van der Waals surface area contributed by atoms with Crippen LogP contribution in [-0.2, 0) is 6.18 Å². The molecule has 12 heteroatoms. The Morgan fingerprint density at radius 1 is 0.917 bits per heavy atom. The highest BCUT2D eigenvalue weighted by Gasteiger charge is 2.32. The van der Waals surface area contributed by atoms with E-state index < -0.39 is 34.9 Å². The van der Waals surface area contributed by atoms with Crippen LogP contribution in [0.25, 0.3) is 0 Å². The SMILES string of the molecule is Cc1ccccc1Nc1ncc(C(=O)Nc2ccn[nH]2)cc1NC(=O)c1cc(F)cc(C(F)(F)F)c1. The first-order valence-corrected chi connectivity index (χ1v) is 10.4. The molecule has 184 valence electrons. The van der Waals surface area contributed by atoms with Crippen LogP contribution in [0.3, 0.4) is 0 Å². The van der Waals surface area contributed by atoms with Gasteiger partial charge in [-0.3, -0.25) is 14.7 Å². The number of nitrogens with zero attached hydrogens (tertiary/aromatic N) is 2. The molecule has 36 heavy (non-hydrogen) atoms. The van der Waals surface area contributed by atoms with Crippen LogP contribution in [0.4, 0.5) is 40.6 Å². The first kappa shape index (κ1) is 24.4. The summed E-state index contributed by atoms with van der Waals surface area (Å²) in [5.41, 5.74) is -0.366. The Morgan fingerprint density at radius 3 is 2.36 bits per heavy atom. The van der Waals surface area contributed by atoms with Gasteiger partial charge in [-0.25, -0.2) is 9.37 Å². The van der Waals surface area contributed by atoms with Crippen LogP contribution >= 0.6 is 0 Å². The lowest BCUT2D eigenvalue weighted by Crippen LogP contribution is -2.18. The number of aromatic amines is 1. The number of hydrogen-bond acceptors (Lipinski definition) is 5. The standard InChI is InChI=1S/C24H18F4N6O2/c1-13-4-2-3-5-18(13)31-21-19(10-15(12-29-21)23(36)33-20-6-7-30-34-20)32-22(35)14-8-16(24(26,27)28)11-17(25)9-14/h2-12H,1H3,(H,29,31)(H,32,35)(H2,30,33,34,36). The number of hydrogen-bond donors (Lipinski definition) is 4. The molecule has 0 atom stereocenters. The van der Waals surface area contributed by atoms with Gasteiger partial charge in [0, 0.05) is 23.5 Å². The maximum absolute atomic E-state index is 13.9. The first-order valence-electron chi connectivity index (χ1n) is 10.4. The van der Waals surface area contributed by atoms with E-state index in [1.807, 2.05) is 19.1 Å². The predicted molar refractivity (Wildman–Crippen MR) is 125 cm³/mol. The molecule has 4 aromatic rings. The molecule has 2 aromatic carbocycles. The summed E-state index contributed by atoms with van der Waals surface area (Å²) in [6.07, 6.45) is -2.16. The Hall–Kier alpha value is -4.74. The molecule has 8 nitrogen and oxygen atoms in total. The second kappa shape index (κ2) is 9.86. The summed E-state index contributed by atoms with van der Waals surface area (Å²) in [6.45, 7) is 1.83. The smallest absolute Gasteiger partial charge is 0.338 e. The van der Waals surface area contributed by atoms with Crippen molar-refractivity contribution in [1.82, 2.24) is 15.2 Å². The zero-order chi connectivity index (χ0) is 25.9. The molecular weight excluding hydrogens is 480 g/mol. The van der Waals surface area contributed by atoms with Gasteiger partial charge in [0.15, 0.2) is 5.82 Å². The molecule has 0 unspecified atom stereocenters. The van der Waals surface area contributed by atoms with Crippen molar-refractivity contribution < 1.29 is 27.2 Å². The van der Waals surface area contributed by atoms with E-state index in [1.54, 1.807) is 12.1 Å². The first-order chi connectivity index (χ1) is 17.1. The molecule has 2 amide bonds. The van der Waals surface area contributed by atoms with Crippen molar-refractivity contribution in [3.63, 3.8) is 0 Å². The summed E-state index contributed by atoms with van der Waals surface area (Å²) in [7, 11) is 0. The summed E-state index contributed by atoms with van der Waals surface area (Å²) >= 11 is 0. The average Bonchev–Trinajstić information content (AvgIpc) is 3.33. The van der Waals surface area contributed by atoms with Crippen LogP contribution in [0.2, 0.25) is 0 Å². The van der Waals surface area contributed by atoms with Crippen molar-refractivity contribution in [1.29, 1.82) is 0 Å². The van der Waals surface area contributed by atoms with Gasteiger partial charge in [-0.05, 0) is 42.8 Å². The molecule has 0 fully saturated rings. The number of amides is 2. The molecule has 0 aliphatic carbocycles. The minimum atomic E-state index is -4.85. The molecule has 0 saturated heterocycles. The number of carbonyl (C=O) groups excluding carboxylic acids is 2. The quantitative estimate of drug-likeness (QED) is 0.262. The third-order valence-corrected chi connectivity index (χ3v) is 5.03. The lowest BCUT2D eigenvalue weighted by atomic mass is 10.1. The highest BCUT2D eigenvalue weighted by atomic mass is 19.4. The number of pyridine rings is 1. The van der Waals surface area contributed by atoms with Crippen LogP contribution < -0.4 is 16.0 Å². The van der Waals surface area contributed by atoms with E-state index in [0.29, 0.717) is 29.7 Å². The Morgan fingerprint density at radius 2 is 1.67 bits per heavy atom. The second-order valence-corrected chi connectivity index (χ2v) is 7.66. The number of benzene rings is 2. The summed E-state index contributed by atoms with van der Waals surface area (Å²) in [6, 6.07) is 11.5. The fourth-order valence-corrected chi connectivity index (χ4v) is 3.22. The van der Waals surface area contributed by atoms with Crippen LogP contribution in [-0.4, -0.2) is 27.0 Å². The number of aryl methyl sites for hydroxylation is 1. The minimum Gasteiger partial charge on any atom is -0.338 e. The van der Waals surface area contributed by atoms with Crippen LogP contribution in [0.5, 0.6) is 0 Å². The Kier molecular flexibility index (Phi) is 6.68. The van der Waals surface area contributed by atoms with E-state index in [2.05, 4.69) is 31.1 Å². The van der Waals surface area contributed by atoms with Gasteiger partial charge in [0.25, 0.3) is 11.8 Å². The monoisotopic (exact) mass is 498 g/mol. The lowest BCUT2D eigenvalue weighted by molar-refractivity contribution is -0.137. The summed E-state index contributed by atoms with van der Waals surface area (Å²) in [5.74, 6) is -2.41. The Bertz CT molecular complexity index is 1420. The van der Waals surface area contributed by atoms with E-state index in [1.165, 1.54) is 24.5 Å². The predicted octanol–water partition coefficient (Wildman–Crippen LogP) is 5.52. The number of carbonyl (C=O) groups is 2. The number of alkyl halides is 3. The zero-order valence-electron chi connectivity index (χ0n) is 18.6. The van der Waals surface area contributed by atoms with Crippen molar-refractivity contribution in [2.24, 2.45) is 0 Å². The highest BCUT2D eigenvalue weighted by Crippen LogP contribution is 2.31. The molecule has 0 bridgehead atoms. The molecule has 4 N–H and O–H groups in total. The number of nitrogens with one attached hydrogen (secondary N) is 4. The molecule has 4 rings (SSSR count). The van der Waals surface area contributed by atoms with Gasteiger partial charge in [-0.2, -0.15) is 18.3 Å². The van der Waals surface area contributed by atoms with E-state index in [4.69, 9.17) is 0 Å². The third-order valence-electron chi connectivity index (χ3n) is 5.03. The van der Waals surface area contributed by atoms with Gasteiger partial charge >= 0.3 is 6.18 Å². The molecular formula is C24H18F4N6O2. The van der Waals surface area contributed by atoms with E-state index in [-0.39, 0.29) is 17.1 Å². The van der Waals surface area contributed by atoms with E-state index >= 15 is 0 Å². The van der Waals surface area contributed by atoms with Gasteiger partial charge in [0.2, 0.25) is 0 Å². The third kappa shape index (κ3) is 5.66. The number of para-hydroxylation sites is 1. The van der Waals surface area contributed by atoms with Gasteiger partial charge in [-0.1, -0.05) is 18.2 Å². The molecule has 0 spiro atoms. The summed E-state index contributed by atoms with van der Waals surface area (Å²) in [5, 5.41) is 14.3. The second-order valence-electron chi connectivity index (χ2n) is 7.66. The number of rotatable bonds is 6. The summed E-state index contributed by atoms with van der Waals surface area (Å²) < 4.78 is 53.2. The lowest BCUT2D eigenvalue weighted by Gasteiger charge is -2.15. The largest absolute Gasteiger partial charge is 0.416 e. The van der Waals surface area contributed by atoms with Gasteiger partial charge in [-0.15, -0.1) is 0 Å². The summed E-state index contributed by atoms with van der Waals surface area (Å²) in [4.78, 5) is 29.7. The maximum Gasteiger partial charge on any atom is 0.416 e.